The minimum absolute atomic E-state index is 0.141. The van der Waals surface area contributed by atoms with E-state index in [2.05, 4.69) is 10.6 Å². The lowest BCUT2D eigenvalue weighted by atomic mass is 9.70. The van der Waals surface area contributed by atoms with Gasteiger partial charge >= 0.3 is 0 Å². The van der Waals surface area contributed by atoms with Gasteiger partial charge in [0, 0.05) is 25.1 Å². The number of nitrogens with one attached hydrogen (secondary N) is 2. The normalized spacial score (nSPS) is 26.8. The summed E-state index contributed by atoms with van der Waals surface area (Å²) in [7, 11) is 6.24. The highest BCUT2D eigenvalue weighted by Crippen LogP contribution is 2.35. The molecule has 23 heavy (non-hydrogen) atoms. The molecule has 1 unspecified atom stereocenters. The van der Waals surface area contributed by atoms with E-state index in [1.165, 1.54) is 10.5 Å². The molecule has 1 atom stereocenters. The molecule has 1 aromatic rings. The molecule has 3 aliphatic rings. The van der Waals surface area contributed by atoms with Gasteiger partial charge in [-0.2, -0.15) is 0 Å². The van der Waals surface area contributed by atoms with Crippen LogP contribution in [0, 0.1) is 0 Å². The topological polar surface area (TPSA) is 78.5 Å². The number of imide groups is 1. The maximum atomic E-state index is 12.8. The van der Waals surface area contributed by atoms with E-state index in [9.17, 15) is 14.4 Å². The van der Waals surface area contributed by atoms with Crippen LogP contribution in [0.3, 0.4) is 0 Å². The smallest absolute Gasteiger partial charge is 0.254 e. The van der Waals surface area contributed by atoms with Crippen molar-refractivity contribution in [3.8, 4) is 0 Å². The van der Waals surface area contributed by atoms with Gasteiger partial charge in [0.25, 0.3) is 5.91 Å². The number of piperidine rings is 1. The maximum Gasteiger partial charge on any atom is 0.254 e. The summed E-state index contributed by atoms with van der Waals surface area (Å²) in [6.45, 7) is 1.97. The fourth-order valence-corrected chi connectivity index (χ4v) is 3.68. The number of carbonyl (C=O) groups excluding carboxylic acids is 3. The van der Waals surface area contributed by atoms with Crippen molar-refractivity contribution >= 4 is 25.6 Å². The van der Waals surface area contributed by atoms with Crippen LogP contribution in [0.25, 0.3) is 0 Å². The lowest BCUT2D eigenvalue weighted by Crippen LogP contribution is -2.63. The third-order valence-corrected chi connectivity index (χ3v) is 5.05. The lowest BCUT2D eigenvalue weighted by molar-refractivity contribution is -0.138. The molecule has 116 valence electrons. The molecular weight excluding hydrogens is 293 g/mol. The average molecular weight is 309 g/mol. The molecule has 0 aromatic heterocycles. The Hall–Kier alpha value is -2.15. The molecule has 6 nitrogen and oxygen atoms in total. The molecule has 3 heterocycles. The molecule has 1 aromatic carbocycles. The molecule has 4 rings (SSSR count). The van der Waals surface area contributed by atoms with Crippen molar-refractivity contribution in [2.45, 2.75) is 37.8 Å². The van der Waals surface area contributed by atoms with Gasteiger partial charge in [0.1, 0.15) is 7.85 Å². The van der Waals surface area contributed by atoms with Crippen molar-refractivity contribution in [2.75, 3.05) is 6.54 Å². The van der Waals surface area contributed by atoms with Gasteiger partial charge in [-0.05, 0) is 42.1 Å². The first-order valence-corrected chi connectivity index (χ1v) is 7.80. The van der Waals surface area contributed by atoms with E-state index >= 15 is 0 Å². The molecule has 3 aliphatic heterocycles. The summed E-state index contributed by atoms with van der Waals surface area (Å²) in [6.07, 6.45) is 1.22. The predicted molar refractivity (Wildman–Crippen MR) is 82.6 cm³/mol. The Labute approximate surface area is 135 Å². The van der Waals surface area contributed by atoms with E-state index in [4.69, 9.17) is 7.85 Å². The second-order valence-corrected chi connectivity index (χ2v) is 6.35. The van der Waals surface area contributed by atoms with Gasteiger partial charge in [0.15, 0.2) is 0 Å². The number of rotatable bonds is 1. The number of nitrogens with zero attached hydrogens (tertiary/aromatic N) is 1. The summed E-state index contributed by atoms with van der Waals surface area (Å²) < 4.78 is 0. The fraction of sp³-hybridized carbons (Fsp3) is 0.438. The monoisotopic (exact) mass is 309 g/mol. The molecule has 0 aliphatic carbocycles. The molecule has 2 radical (unpaired) electrons. The first-order valence-electron chi connectivity index (χ1n) is 7.80. The van der Waals surface area contributed by atoms with Gasteiger partial charge in [-0.25, -0.2) is 0 Å². The van der Waals surface area contributed by atoms with Crippen molar-refractivity contribution in [3.05, 3.63) is 34.4 Å². The third kappa shape index (κ3) is 2.03. The minimum Gasteiger partial charge on any atom is -0.328 e. The first kappa shape index (κ1) is 14.4. The summed E-state index contributed by atoms with van der Waals surface area (Å²) in [5, 5.41) is 5.57. The number of benzene rings is 1. The van der Waals surface area contributed by atoms with Crippen LogP contribution in [0.5, 0.6) is 0 Å². The minimum atomic E-state index is -1.46. The van der Waals surface area contributed by atoms with Crippen LogP contribution in [0.15, 0.2) is 12.1 Å². The van der Waals surface area contributed by atoms with Gasteiger partial charge in [0.05, 0.1) is 5.44 Å². The molecule has 1 saturated heterocycles. The second kappa shape index (κ2) is 4.93. The summed E-state index contributed by atoms with van der Waals surface area (Å²) in [5.41, 5.74) is 2.49. The molecule has 0 spiro atoms. The van der Waals surface area contributed by atoms with Crippen LogP contribution in [-0.2, 0) is 29.1 Å². The molecule has 1 fully saturated rings. The summed E-state index contributed by atoms with van der Waals surface area (Å²) in [5.74, 6) is -1.18. The van der Waals surface area contributed by atoms with Crippen molar-refractivity contribution < 1.29 is 14.4 Å². The van der Waals surface area contributed by atoms with E-state index < -0.39 is 11.3 Å². The van der Waals surface area contributed by atoms with Crippen molar-refractivity contribution in [1.82, 2.24) is 15.5 Å². The molecular formula is C16H16BN3O3. The molecule has 2 N–H and O–H groups in total. The Balaban J connectivity index is 1.72. The Bertz CT molecular complexity index is 748. The van der Waals surface area contributed by atoms with Crippen LogP contribution in [0.2, 0.25) is 0 Å². The largest absolute Gasteiger partial charge is 0.328 e. The van der Waals surface area contributed by atoms with Crippen molar-refractivity contribution in [1.29, 1.82) is 0 Å². The Morgan fingerprint density at radius 1 is 1.13 bits per heavy atom. The van der Waals surface area contributed by atoms with Gasteiger partial charge in [-0.1, -0.05) is 6.07 Å². The van der Waals surface area contributed by atoms with E-state index in [1.807, 2.05) is 12.1 Å². The Morgan fingerprint density at radius 2 is 1.96 bits per heavy atom. The molecule has 0 saturated carbocycles. The van der Waals surface area contributed by atoms with Gasteiger partial charge < -0.3 is 10.2 Å². The highest BCUT2D eigenvalue weighted by Gasteiger charge is 2.48. The lowest BCUT2D eigenvalue weighted by Gasteiger charge is -2.40. The number of hydrogen-bond acceptors (Lipinski definition) is 4. The van der Waals surface area contributed by atoms with Gasteiger partial charge in [-0.3, -0.25) is 19.7 Å². The summed E-state index contributed by atoms with van der Waals surface area (Å²) in [6, 6.07) is 3.82. The van der Waals surface area contributed by atoms with Gasteiger partial charge in [0.2, 0.25) is 11.8 Å². The van der Waals surface area contributed by atoms with Gasteiger partial charge in [-0.15, -0.1) is 0 Å². The second-order valence-electron chi connectivity index (χ2n) is 6.35. The molecule has 7 heteroatoms. The standard InChI is InChI=1S/C16H16BN3O3/c17-16(5-3-13(21)19-15(16)23)20-8-12-10(14(20)22)2-1-9-4-6-18-7-11(9)12/h1-2,18H,3-8H2,(H,19,21,23). The van der Waals surface area contributed by atoms with Crippen LogP contribution in [-0.4, -0.2) is 42.5 Å². The highest BCUT2D eigenvalue weighted by atomic mass is 16.2. The van der Waals surface area contributed by atoms with Crippen LogP contribution < -0.4 is 10.6 Å². The zero-order chi connectivity index (χ0) is 16.2. The number of fused-ring (bicyclic) bond motifs is 3. The molecule has 3 amide bonds. The van der Waals surface area contributed by atoms with Crippen LogP contribution in [0.1, 0.15) is 39.9 Å². The average Bonchev–Trinajstić information content (AvgIpc) is 2.89. The fourth-order valence-electron chi connectivity index (χ4n) is 3.68. The number of carbonyl (C=O) groups is 3. The number of hydrogen-bond donors (Lipinski definition) is 2. The van der Waals surface area contributed by atoms with Crippen LogP contribution in [0.4, 0.5) is 0 Å². The number of amides is 3. The van der Waals surface area contributed by atoms with Crippen molar-refractivity contribution in [2.24, 2.45) is 0 Å². The van der Waals surface area contributed by atoms with Crippen molar-refractivity contribution in [3.63, 3.8) is 0 Å². The Kier molecular flexibility index (Phi) is 3.09. The zero-order valence-corrected chi connectivity index (χ0v) is 12.6. The summed E-state index contributed by atoms with van der Waals surface area (Å²) >= 11 is 0. The highest BCUT2D eigenvalue weighted by molar-refractivity contribution is 6.32. The Morgan fingerprint density at radius 3 is 2.74 bits per heavy atom. The van der Waals surface area contributed by atoms with E-state index in [0.717, 1.165) is 30.6 Å². The zero-order valence-electron chi connectivity index (χ0n) is 12.6. The molecule has 0 bridgehead atoms. The SMILES string of the molecule is [B]C1(N2Cc3c(ccc4c3CNCC4)C2=O)CCC(=O)NC1=O. The third-order valence-electron chi connectivity index (χ3n) is 5.05. The van der Waals surface area contributed by atoms with E-state index in [1.54, 1.807) is 0 Å². The predicted octanol–water partition coefficient (Wildman–Crippen LogP) is -0.410. The van der Waals surface area contributed by atoms with E-state index in [-0.39, 0.29) is 24.7 Å². The maximum absolute atomic E-state index is 12.8. The summed E-state index contributed by atoms with van der Waals surface area (Å²) in [4.78, 5) is 37.8. The first-order chi connectivity index (χ1) is 11.0. The quantitative estimate of drug-likeness (QED) is 0.546. The van der Waals surface area contributed by atoms with E-state index in [0.29, 0.717) is 12.1 Å². The van der Waals surface area contributed by atoms with Crippen LogP contribution >= 0.6 is 0 Å².